The van der Waals surface area contributed by atoms with Gasteiger partial charge in [0.15, 0.2) is 5.13 Å². The quantitative estimate of drug-likeness (QED) is 0.802. The van der Waals surface area contributed by atoms with Crippen molar-refractivity contribution in [2.45, 2.75) is 32.7 Å². The normalized spacial score (nSPS) is 21.4. The molecule has 0 spiro atoms. The van der Waals surface area contributed by atoms with Crippen LogP contribution in [0.25, 0.3) is 0 Å². The van der Waals surface area contributed by atoms with Crippen LogP contribution in [-0.4, -0.2) is 24.1 Å². The highest BCUT2D eigenvalue weighted by Crippen LogP contribution is 2.21. The van der Waals surface area contributed by atoms with Gasteiger partial charge in [0.25, 0.3) is 0 Å². The molecule has 1 aliphatic rings. The molecule has 78 valence electrons. The average Bonchev–Trinajstić information content (AvgIpc) is 2.74. The number of aromatic nitrogens is 1. The van der Waals surface area contributed by atoms with Gasteiger partial charge in [-0.15, -0.1) is 11.3 Å². The zero-order valence-electron chi connectivity index (χ0n) is 8.76. The van der Waals surface area contributed by atoms with Crippen molar-refractivity contribution < 1.29 is 0 Å². The van der Waals surface area contributed by atoms with Crippen LogP contribution in [0.2, 0.25) is 0 Å². The van der Waals surface area contributed by atoms with E-state index >= 15 is 0 Å². The van der Waals surface area contributed by atoms with Crippen LogP contribution in [0.5, 0.6) is 0 Å². The van der Waals surface area contributed by atoms with Crippen LogP contribution in [0.15, 0.2) is 0 Å². The molecule has 1 saturated heterocycles. The maximum absolute atomic E-state index is 4.45. The minimum absolute atomic E-state index is 0.638. The first-order valence-corrected chi connectivity index (χ1v) is 5.98. The predicted octanol–water partition coefficient (Wildman–Crippen LogP) is 1.92. The summed E-state index contributed by atoms with van der Waals surface area (Å²) in [4.78, 5) is 5.76. The van der Waals surface area contributed by atoms with Gasteiger partial charge in [-0.2, -0.15) is 0 Å². The Balaban J connectivity index is 1.85. The van der Waals surface area contributed by atoms with E-state index in [0.29, 0.717) is 6.04 Å². The van der Waals surface area contributed by atoms with E-state index < -0.39 is 0 Å². The Hall–Kier alpha value is -0.610. The third-order valence-corrected chi connectivity index (χ3v) is 3.72. The van der Waals surface area contributed by atoms with Crippen LogP contribution in [0.3, 0.4) is 0 Å². The average molecular weight is 211 g/mol. The molecule has 3 nitrogen and oxygen atoms in total. The van der Waals surface area contributed by atoms with E-state index in [1.165, 1.54) is 24.3 Å². The summed E-state index contributed by atoms with van der Waals surface area (Å²) in [6.45, 7) is 6.35. The molecule has 1 atom stereocenters. The van der Waals surface area contributed by atoms with Gasteiger partial charge in [-0.25, -0.2) is 4.98 Å². The Morgan fingerprint density at radius 3 is 3.00 bits per heavy atom. The third kappa shape index (κ3) is 2.25. The monoisotopic (exact) mass is 211 g/mol. The van der Waals surface area contributed by atoms with Gasteiger partial charge in [0.1, 0.15) is 0 Å². The first kappa shape index (κ1) is 9.93. The van der Waals surface area contributed by atoms with Crippen molar-refractivity contribution in [1.82, 2.24) is 10.3 Å². The van der Waals surface area contributed by atoms with E-state index in [9.17, 15) is 0 Å². The van der Waals surface area contributed by atoms with Crippen molar-refractivity contribution in [2.75, 3.05) is 18.4 Å². The topological polar surface area (TPSA) is 37.0 Å². The summed E-state index contributed by atoms with van der Waals surface area (Å²) < 4.78 is 0. The second-order valence-electron chi connectivity index (χ2n) is 3.83. The molecule has 1 aromatic rings. The first-order valence-electron chi connectivity index (χ1n) is 5.17. The molecule has 1 aromatic heterocycles. The molecule has 0 saturated carbocycles. The summed E-state index contributed by atoms with van der Waals surface area (Å²) in [5.41, 5.74) is 1.15. The molecule has 0 amide bonds. The molecule has 2 rings (SSSR count). The number of aryl methyl sites for hydroxylation is 2. The number of rotatable bonds is 3. The molecule has 0 aromatic carbocycles. The predicted molar refractivity (Wildman–Crippen MR) is 61.1 cm³/mol. The molecule has 0 radical (unpaired) electrons. The molecule has 2 heterocycles. The molecule has 0 bridgehead atoms. The summed E-state index contributed by atoms with van der Waals surface area (Å²) in [6.07, 6.45) is 2.60. The molecular formula is C10H17N3S. The van der Waals surface area contributed by atoms with Gasteiger partial charge in [-0.1, -0.05) is 0 Å². The van der Waals surface area contributed by atoms with Crippen LogP contribution >= 0.6 is 11.3 Å². The summed E-state index contributed by atoms with van der Waals surface area (Å²) in [7, 11) is 0. The van der Waals surface area contributed by atoms with E-state index in [0.717, 1.165) is 17.4 Å². The molecule has 1 unspecified atom stereocenters. The fourth-order valence-corrected chi connectivity index (χ4v) is 2.51. The molecule has 1 aliphatic heterocycles. The maximum Gasteiger partial charge on any atom is 0.183 e. The minimum Gasteiger partial charge on any atom is -0.360 e. The van der Waals surface area contributed by atoms with E-state index in [4.69, 9.17) is 0 Å². The van der Waals surface area contributed by atoms with Crippen LogP contribution in [0.1, 0.15) is 23.4 Å². The van der Waals surface area contributed by atoms with E-state index in [1.54, 1.807) is 11.3 Å². The summed E-state index contributed by atoms with van der Waals surface area (Å²) >= 11 is 1.75. The highest BCUT2D eigenvalue weighted by atomic mass is 32.1. The van der Waals surface area contributed by atoms with Crippen LogP contribution in [0, 0.1) is 13.8 Å². The van der Waals surface area contributed by atoms with Gasteiger partial charge in [0, 0.05) is 17.5 Å². The SMILES string of the molecule is Cc1nc(NCC2CCCN2)sc1C. The number of hydrogen-bond donors (Lipinski definition) is 2. The van der Waals surface area contributed by atoms with Crippen molar-refractivity contribution in [3.63, 3.8) is 0 Å². The summed E-state index contributed by atoms with van der Waals surface area (Å²) in [6, 6.07) is 0.638. The van der Waals surface area contributed by atoms with Crippen LogP contribution < -0.4 is 10.6 Å². The van der Waals surface area contributed by atoms with Gasteiger partial charge in [-0.05, 0) is 33.2 Å². The molecule has 2 N–H and O–H groups in total. The Morgan fingerprint density at radius 2 is 2.43 bits per heavy atom. The summed E-state index contributed by atoms with van der Waals surface area (Å²) in [5, 5.41) is 7.92. The van der Waals surface area contributed by atoms with Crippen molar-refractivity contribution in [1.29, 1.82) is 0 Å². The molecule has 14 heavy (non-hydrogen) atoms. The highest BCUT2D eigenvalue weighted by molar-refractivity contribution is 7.15. The van der Waals surface area contributed by atoms with Gasteiger partial charge < -0.3 is 10.6 Å². The minimum atomic E-state index is 0.638. The van der Waals surface area contributed by atoms with Crippen molar-refractivity contribution in [2.24, 2.45) is 0 Å². The van der Waals surface area contributed by atoms with E-state index in [2.05, 4.69) is 29.5 Å². The zero-order valence-corrected chi connectivity index (χ0v) is 9.58. The fourth-order valence-electron chi connectivity index (χ4n) is 1.69. The van der Waals surface area contributed by atoms with Gasteiger partial charge >= 0.3 is 0 Å². The maximum atomic E-state index is 4.45. The lowest BCUT2D eigenvalue weighted by Crippen LogP contribution is -2.29. The lowest BCUT2D eigenvalue weighted by molar-refractivity contribution is 0.633. The standard InChI is InChI=1S/C10H17N3S/c1-7-8(2)14-10(13-7)12-6-9-4-3-5-11-9/h9,11H,3-6H2,1-2H3,(H,12,13). The summed E-state index contributed by atoms with van der Waals surface area (Å²) in [5.74, 6) is 0. The van der Waals surface area contributed by atoms with Crippen molar-refractivity contribution in [3.8, 4) is 0 Å². The lowest BCUT2D eigenvalue weighted by atomic mass is 10.2. The smallest absolute Gasteiger partial charge is 0.183 e. The van der Waals surface area contributed by atoms with Crippen LogP contribution in [-0.2, 0) is 0 Å². The number of thiazole rings is 1. The third-order valence-electron chi connectivity index (χ3n) is 2.69. The van der Waals surface area contributed by atoms with Crippen LogP contribution in [0.4, 0.5) is 5.13 Å². The number of anilines is 1. The number of nitrogens with one attached hydrogen (secondary N) is 2. The number of nitrogens with zero attached hydrogens (tertiary/aromatic N) is 1. The molecule has 0 aliphatic carbocycles. The molecule has 4 heteroatoms. The Kier molecular flexibility index (Phi) is 3.03. The number of hydrogen-bond acceptors (Lipinski definition) is 4. The van der Waals surface area contributed by atoms with E-state index in [1.807, 2.05) is 0 Å². The first-order chi connectivity index (χ1) is 6.75. The van der Waals surface area contributed by atoms with Crippen molar-refractivity contribution >= 4 is 16.5 Å². The zero-order chi connectivity index (χ0) is 9.97. The molecular weight excluding hydrogens is 194 g/mol. The van der Waals surface area contributed by atoms with Gasteiger partial charge in [-0.3, -0.25) is 0 Å². The largest absolute Gasteiger partial charge is 0.360 e. The Labute approximate surface area is 88.9 Å². The highest BCUT2D eigenvalue weighted by Gasteiger charge is 2.13. The van der Waals surface area contributed by atoms with Crippen molar-refractivity contribution in [3.05, 3.63) is 10.6 Å². The Bertz CT molecular complexity index is 283. The second kappa shape index (κ2) is 4.28. The lowest BCUT2D eigenvalue weighted by Gasteiger charge is -2.09. The van der Waals surface area contributed by atoms with Gasteiger partial charge in [0.2, 0.25) is 0 Å². The molecule has 1 fully saturated rings. The Morgan fingerprint density at radius 1 is 1.57 bits per heavy atom. The second-order valence-corrected chi connectivity index (χ2v) is 5.04. The fraction of sp³-hybridized carbons (Fsp3) is 0.700. The van der Waals surface area contributed by atoms with Gasteiger partial charge in [0.05, 0.1) is 5.69 Å². The van der Waals surface area contributed by atoms with E-state index in [-0.39, 0.29) is 0 Å².